The Hall–Kier alpha value is -3.16. The first-order valence-corrected chi connectivity index (χ1v) is 7.74. The molecule has 0 aromatic heterocycles. The van der Waals surface area contributed by atoms with E-state index in [1.807, 2.05) is 0 Å². The van der Waals surface area contributed by atoms with E-state index in [0.717, 1.165) is 0 Å². The molecule has 0 aromatic rings. The summed E-state index contributed by atoms with van der Waals surface area (Å²) in [5.41, 5.74) is 0.515. The van der Waals surface area contributed by atoms with Crippen molar-refractivity contribution < 1.29 is 19.1 Å². The Kier molecular flexibility index (Phi) is 12.6. The molecular weight excluding hydrogens is 316 g/mol. The molecule has 0 amide bonds. The van der Waals surface area contributed by atoms with E-state index in [-0.39, 0.29) is 12.6 Å². The summed E-state index contributed by atoms with van der Waals surface area (Å²) < 4.78 is 10.3. The fourth-order valence-corrected chi connectivity index (χ4v) is 1.36. The van der Waals surface area contributed by atoms with Crippen LogP contribution in [0.15, 0.2) is 36.0 Å². The first-order chi connectivity index (χ1) is 12.0. The van der Waals surface area contributed by atoms with E-state index in [1.165, 1.54) is 6.92 Å². The molecule has 0 bridgehead atoms. The summed E-state index contributed by atoms with van der Waals surface area (Å²) in [7, 11) is 0. The molecule has 0 rings (SSSR count). The monoisotopic (exact) mass is 338 g/mol. The normalized spacial score (nSPS) is 11.4. The molecule has 0 heterocycles. The minimum absolute atomic E-state index is 0.171. The van der Waals surface area contributed by atoms with Crippen LogP contribution in [0.4, 0.5) is 0 Å². The van der Waals surface area contributed by atoms with Gasteiger partial charge in [-0.2, -0.15) is 0 Å². The van der Waals surface area contributed by atoms with Crippen LogP contribution in [0.2, 0.25) is 0 Å². The average Bonchev–Trinajstić information content (AvgIpc) is 2.58. The molecule has 0 radical (unpaired) electrons. The van der Waals surface area contributed by atoms with E-state index in [9.17, 15) is 9.59 Å². The minimum Gasteiger partial charge on any atom is -0.466 e. The lowest BCUT2D eigenvalue weighted by Gasteiger charge is -2.14. The van der Waals surface area contributed by atoms with Gasteiger partial charge in [0.15, 0.2) is 0 Å². The van der Waals surface area contributed by atoms with Crippen molar-refractivity contribution in [1.29, 1.82) is 0 Å². The van der Waals surface area contributed by atoms with Crippen LogP contribution >= 0.6 is 0 Å². The molecule has 0 aliphatic carbocycles. The minimum atomic E-state index is -0.501. The zero-order chi connectivity index (χ0) is 18.9. The van der Waals surface area contributed by atoms with Gasteiger partial charge in [0.2, 0.25) is 0 Å². The second-order valence-corrected chi connectivity index (χ2v) is 4.68. The maximum absolute atomic E-state index is 11.8. The Balaban J connectivity index is 4.73. The molecule has 4 nitrogen and oxygen atoms in total. The maximum Gasteiger partial charge on any atom is 0.333 e. The molecule has 0 aliphatic heterocycles. The van der Waals surface area contributed by atoms with Crippen molar-refractivity contribution in [2.24, 2.45) is 0 Å². The quantitative estimate of drug-likeness (QED) is 0.310. The van der Waals surface area contributed by atoms with E-state index in [0.29, 0.717) is 12.0 Å². The average molecular weight is 338 g/mol. The maximum atomic E-state index is 11.8. The van der Waals surface area contributed by atoms with Gasteiger partial charge in [-0.3, -0.25) is 4.79 Å². The first kappa shape index (κ1) is 21.8. The number of carbonyl (C=O) groups is 2. The Morgan fingerprint density at radius 3 is 2.44 bits per heavy atom. The predicted molar refractivity (Wildman–Crippen MR) is 97.8 cm³/mol. The molecular formula is C21H22O4. The van der Waals surface area contributed by atoms with E-state index in [1.54, 1.807) is 51.2 Å². The highest BCUT2D eigenvalue weighted by atomic mass is 16.6. The second-order valence-electron chi connectivity index (χ2n) is 4.68. The Labute approximate surface area is 150 Å². The molecule has 1 unspecified atom stereocenters. The summed E-state index contributed by atoms with van der Waals surface area (Å²) in [6.45, 7) is 6.64. The van der Waals surface area contributed by atoms with E-state index >= 15 is 0 Å². The van der Waals surface area contributed by atoms with Gasteiger partial charge < -0.3 is 9.47 Å². The first-order valence-electron chi connectivity index (χ1n) is 7.74. The lowest BCUT2D eigenvalue weighted by Crippen LogP contribution is -2.19. The van der Waals surface area contributed by atoms with Crippen LogP contribution in [0.5, 0.6) is 0 Å². The lowest BCUT2D eigenvalue weighted by atomic mass is 10.2. The van der Waals surface area contributed by atoms with E-state index < -0.39 is 12.1 Å². The second kappa shape index (κ2) is 14.4. The van der Waals surface area contributed by atoms with Gasteiger partial charge in [-0.15, -0.1) is 0 Å². The number of hydrogen-bond donors (Lipinski definition) is 0. The van der Waals surface area contributed by atoms with E-state index in [4.69, 9.17) is 9.47 Å². The molecule has 1 atom stereocenters. The molecule has 4 heteroatoms. The molecule has 25 heavy (non-hydrogen) atoms. The van der Waals surface area contributed by atoms with E-state index in [2.05, 4.69) is 35.5 Å². The van der Waals surface area contributed by atoms with Crippen molar-refractivity contribution in [2.75, 3.05) is 6.61 Å². The standard InChI is InChI=1S/C21H22O4/c1-5-7-8-9-10-11-12-13-14-15-20(16-17-24-19(4)22)25-21(23)18(3)6-2/h6,12-15,20H,16-17H2,1-4H3. The number of carbonyl (C=O) groups excluding carboxylic acids is 2. The Bertz CT molecular complexity index is 719. The Morgan fingerprint density at radius 2 is 1.80 bits per heavy atom. The highest BCUT2D eigenvalue weighted by molar-refractivity contribution is 5.87. The number of rotatable bonds is 7. The molecule has 130 valence electrons. The summed E-state index contributed by atoms with van der Waals surface area (Å²) >= 11 is 0. The van der Waals surface area contributed by atoms with Gasteiger partial charge in [0.25, 0.3) is 0 Å². The predicted octanol–water partition coefficient (Wildman–Crippen LogP) is 2.96. The Morgan fingerprint density at radius 1 is 1.08 bits per heavy atom. The summed E-state index contributed by atoms with van der Waals surface area (Å²) in [5, 5.41) is 0. The number of allylic oxidation sites excluding steroid dienone is 4. The van der Waals surface area contributed by atoms with Crippen molar-refractivity contribution in [2.45, 2.75) is 40.2 Å². The SMILES string of the molecule is CC#CC#CC#CC=CC=CC(CCOC(C)=O)OC(=O)C(C)=CC. The topological polar surface area (TPSA) is 52.6 Å². The van der Waals surface area contributed by atoms with Gasteiger partial charge in [0, 0.05) is 18.9 Å². The summed E-state index contributed by atoms with van der Waals surface area (Å²) in [4.78, 5) is 22.7. The molecule has 0 spiro atoms. The lowest BCUT2D eigenvalue weighted by molar-refractivity contribution is -0.144. The zero-order valence-electron chi connectivity index (χ0n) is 15.0. The molecule has 0 saturated carbocycles. The number of esters is 2. The highest BCUT2D eigenvalue weighted by Crippen LogP contribution is 2.07. The fraction of sp³-hybridized carbons (Fsp3) is 0.333. The third kappa shape index (κ3) is 13.0. The third-order valence-electron chi connectivity index (χ3n) is 2.72. The van der Waals surface area contributed by atoms with Gasteiger partial charge in [0.1, 0.15) is 6.10 Å². The molecule has 0 saturated heterocycles. The van der Waals surface area contributed by atoms with Crippen LogP contribution in [0.1, 0.15) is 34.1 Å². The van der Waals surface area contributed by atoms with Crippen LogP contribution in [-0.2, 0) is 19.1 Å². The molecule has 0 aromatic carbocycles. The fourth-order valence-electron chi connectivity index (χ4n) is 1.36. The van der Waals surface area contributed by atoms with Crippen LogP contribution in [0.3, 0.4) is 0 Å². The van der Waals surface area contributed by atoms with Gasteiger partial charge in [-0.1, -0.05) is 30.1 Å². The largest absolute Gasteiger partial charge is 0.466 e. The van der Waals surface area contributed by atoms with Crippen molar-refractivity contribution in [3.8, 4) is 35.5 Å². The smallest absolute Gasteiger partial charge is 0.333 e. The number of ether oxygens (including phenoxy) is 2. The zero-order valence-corrected chi connectivity index (χ0v) is 15.0. The summed E-state index contributed by atoms with van der Waals surface area (Å²) in [5.74, 6) is 15.0. The number of hydrogen-bond acceptors (Lipinski definition) is 4. The third-order valence-corrected chi connectivity index (χ3v) is 2.72. The van der Waals surface area contributed by atoms with Crippen molar-refractivity contribution in [1.82, 2.24) is 0 Å². The molecule has 0 fully saturated rings. The summed E-state index contributed by atoms with van der Waals surface area (Å²) in [6.07, 6.45) is 8.29. The summed E-state index contributed by atoms with van der Waals surface area (Å²) in [6, 6.07) is 0. The van der Waals surface area contributed by atoms with Crippen molar-refractivity contribution in [3.63, 3.8) is 0 Å². The van der Waals surface area contributed by atoms with Gasteiger partial charge >= 0.3 is 11.9 Å². The van der Waals surface area contributed by atoms with Crippen molar-refractivity contribution in [3.05, 3.63) is 36.0 Å². The molecule has 0 N–H and O–H groups in total. The van der Waals surface area contributed by atoms with Crippen LogP contribution < -0.4 is 0 Å². The van der Waals surface area contributed by atoms with Crippen LogP contribution in [0, 0.1) is 35.5 Å². The van der Waals surface area contributed by atoms with Crippen molar-refractivity contribution >= 4 is 11.9 Å². The van der Waals surface area contributed by atoms with Crippen LogP contribution in [-0.4, -0.2) is 24.6 Å². The van der Waals surface area contributed by atoms with Crippen LogP contribution in [0.25, 0.3) is 0 Å². The highest BCUT2D eigenvalue weighted by Gasteiger charge is 2.13. The van der Waals surface area contributed by atoms with Gasteiger partial charge in [-0.05, 0) is 56.6 Å². The molecule has 0 aliphatic rings. The van der Waals surface area contributed by atoms with Gasteiger partial charge in [-0.25, -0.2) is 4.79 Å². The van der Waals surface area contributed by atoms with Gasteiger partial charge in [0.05, 0.1) is 6.61 Å².